The van der Waals surface area contributed by atoms with E-state index in [0.29, 0.717) is 17.3 Å². The molecule has 1 fully saturated rings. The van der Waals surface area contributed by atoms with Crippen LogP contribution in [0.1, 0.15) is 22.8 Å². The molecule has 1 aromatic heterocycles. The number of sulfone groups is 1. The van der Waals surface area contributed by atoms with Crippen molar-refractivity contribution in [2.24, 2.45) is 0 Å². The van der Waals surface area contributed by atoms with E-state index in [-0.39, 0.29) is 24.7 Å². The third-order valence-electron chi connectivity index (χ3n) is 5.52. The second kappa shape index (κ2) is 6.77. The molecule has 29 heavy (non-hydrogen) atoms. The van der Waals surface area contributed by atoms with Crippen LogP contribution in [0.25, 0.3) is 0 Å². The molecule has 0 saturated carbocycles. The lowest BCUT2D eigenvalue weighted by Gasteiger charge is -2.41. The Morgan fingerprint density at radius 2 is 1.55 bits per heavy atom. The van der Waals surface area contributed by atoms with Crippen molar-refractivity contribution >= 4 is 15.7 Å². The fourth-order valence-corrected chi connectivity index (χ4v) is 5.53. The standard InChI is InChI=1S/C22H19NO5S/c24-22(23-12-16(13-23)29(25,26)14-15-6-5-11-27-15)21-17-7-1-3-9-19(17)28-20-10-4-2-8-18(20)21/h1-11,16,21H,12-14H2. The molecule has 0 spiro atoms. The molecule has 0 bridgehead atoms. The van der Waals surface area contributed by atoms with Crippen LogP contribution in [0.3, 0.4) is 0 Å². The van der Waals surface area contributed by atoms with Crippen molar-refractivity contribution in [3.63, 3.8) is 0 Å². The average molecular weight is 409 g/mol. The highest BCUT2D eigenvalue weighted by molar-refractivity contribution is 7.91. The summed E-state index contributed by atoms with van der Waals surface area (Å²) in [5.41, 5.74) is 1.61. The summed E-state index contributed by atoms with van der Waals surface area (Å²) in [5.74, 6) is 0.999. The first-order valence-corrected chi connectivity index (χ1v) is 11.1. The predicted octanol–water partition coefficient (Wildman–Crippen LogP) is 3.34. The van der Waals surface area contributed by atoms with E-state index in [1.807, 2.05) is 48.5 Å². The highest BCUT2D eigenvalue weighted by Gasteiger charge is 2.44. The van der Waals surface area contributed by atoms with Crippen molar-refractivity contribution in [3.05, 3.63) is 83.8 Å². The third-order valence-corrected chi connectivity index (χ3v) is 7.52. The number of rotatable bonds is 4. The van der Waals surface area contributed by atoms with Gasteiger partial charge >= 0.3 is 0 Å². The van der Waals surface area contributed by atoms with Crippen LogP contribution in [0, 0.1) is 0 Å². The molecule has 3 aromatic rings. The number of hydrogen-bond donors (Lipinski definition) is 0. The molecule has 7 heteroatoms. The largest absolute Gasteiger partial charge is 0.468 e. The molecule has 1 saturated heterocycles. The summed E-state index contributed by atoms with van der Waals surface area (Å²) in [6.07, 6.45) is 1.46. The van der Waals surface area contributed by atoms with Crippen LogP contribution in [0.2, 0.25) is 0 Å². The average Bonchev–Trinajstić information content (AvgIpc) is 3.16. The molecule has 6 nitrogen and oxygen atoms in total. The zero-order valence-electron chi connectivity index (χ0n) is 15.5. The van der Waals surface area contributed by atoms with Gasteiger partial charge in [-0.1, -0.05) is 36.4 Å². The van der Waals surface area contributed by atoms with E-state index in [1.54, 1.807) is 17.0 Å². The fraction of sp³-hybridized carbons (Fsp3) is 0.227. The van der Waals surface area contributed by atoms with Crippen molar-refractivity contribution < 1.29 is 22.4 Å². The minimum atomic E-state index is -3.38. The van der Waals surface area contributed by atoms with Gasteiger partial charge in [-0.05, 0) is 24.3 Å². The number of nitrogens with zero attached hydrogens (tertiary/aromatic N) is 1. The molecule has 2 aromatic carbocycles. The first kappa shape index (κ1) is 18.0. The Balaban J connectivity index is 1.37. The minimum Gasteiger partial charge on any atom is -0.468 e. The second-order valence-corrected chi connectivity index (χ2v) is 9.64. The van der Waals surface area contributed by atoms with E-state index >= 15 is 0 Å². The van der Waals surface area contributed by atoms with Crippen LogP contribution in [0.5, 0.6) is 11.5 Å². The van der Waals surface area contributed by atoms with Gasteiger partial charge in [0.15, 0.2) is 9.84 Å². The number of furan rings is 1. The van der Waals surface area contributed by atoms with E-state index in [2.05, 4.69) is 0 Å². The second-order valence-electron chi connectivity index (χ2n) is 7.36. The summed E-state index contributed by atoms with van der Waals surface area (Å²) in [6.45, 7) is 0.396. The molecule has 0 radical (unpaired) electrons. The summed E-state index contributed by atoms with van der Waals surface area (Å²) >= 11 is 0. The number of para-hydroxylation sites is 2. The monoisotopic (exact) mass is 409 g/mol. The molecular formula is C22H19NO5S. The molecule has 2 aliphatic rings. The van der Waals surface area contributed by atoms with Crippen molar-refractivity contribution in [1.29, 1.82) is 0 Å². The Labute approximate surface area is 168 Å². The Kier molecular flexibility index (Phi) is 4.20. The first-order valence-electron chi connectivity index (χ1n) is 9.41. The Hall–Kier alpha value is -3.06. The molecule has 1 amide bonds. The topological polar surface area (TPSA) is 76.8 Å². The van der Waals surface area contributed by atoms with Crippen LogP contribution in [0.15, 0.2) is 71.3 Å². The smallest absolute Gasteiger partial charge is 0.234 e. The maximum atomic E-state index is 13.4. The van der Waals surface area contributed by atoms with Crippen LogP contribution in [0.4, 0.5) is 0 Å². The molecule has 0 aliphatic carbocycles. The zero-order valence-corrected chi connectivity index (χ0v) is 16.3. The van der Waals surface area contributed by atoms with Gasteiger partial charge in [0.2, 0.25) is 5.91 Å². The zero-order chi connectivity index (χ0) is 20.0. The van der Waals surface area contributed by atoms with Crippen LogP contribution in [-0.2, 0) is 20.4 Å². The molecule has 3 heterocycles. The number of likely N-dealkylation sites (tertiary alicyclic amines) is 1. The number of benzene rings is 2. The summed E-state index contributed by atoms with van der Waals surface area (Å²) in [6, 6.07) is 18.3. The van der Waals surface area contributed by atoms with Gasteiger partial charge in [-0.3, -0.25) is 4.79 Å². The fourth-order valence-electron chi connectivity index (χ4n) is 3.91. The van der Waals surface area contributed by atoms with Crippen molar-refractivity contribution in [2.45, 2.75) is 16.9 Å². The molecule has 0 atom stereocenters. The van der Waals surface area contributed by atoms with E-state index in [4.69, 9.17) is 9.15 Å². The molecule has 0 N–H and O–H groups in total. The minimum absolute atomic E-state index is 0.0994. The molecule has 0 unspecified atom stereocenters. The van der Waals surface area contributed by atoms with Gasteiger partial charge < -0.3 is 14.1 Å². The number of hydrogen-bond acceptors (Lipinski definition) is 5. The van der Waals surface area contributed by atoms with Crippen molar-refractivity contribution in [2.75, 3.05) is 13.1 Å². The van der Waals surface area contributed by atoms with E-state index in [9.17, 15) is 13.2 Å². The quantitative estimate of drug-likeness (QED) is 0.661. The summed E-state index contributed by atoms with van der Waals surface area (Å²) in [5, 5.41) is -0.568. The number of ether oxygens (including phenoxy) is 1. The lowest BCUT2D eigenvalue weighted by molar-refractivity contribution is -0.135. The Bertz CT molecular complexity index is 1120. The Morgan fingerprint density at radius 1 is 0.931 bits per heavy atom. The van der Waals surface area contributed by atoms with E-state index < -0.39 is 21.0 Å². The van der Waals surface area contributed by atoms with Gasteiger partial charge in [-0.15, -0.1) is 0 Å². The Morgan fingerprint density at radius 3 is 2.14 bits per heavy atom. The molecule has 148 valence electrons. The molecule has 2 aliphatic heterocycles. The summed E-state index contributed by atoms with van der Waals surface area (Å²) in [7, 11) is -3.38. The third kappa shape index (κ3) is 3.11. The van der Waals surface area contributed by atoms with Gasteiger partial charge in [0, 0.05) is 24.2 Å². The summed E-state index contributed by atoms with van der Waals surface area (Å²) in [4.78, 5) is 15.0. The van der Waals surface area contributed by atoms with Crippen molar-refractivity contribution in [3.8, 4) is 11.5 Å². The van der Waals surface area contributed by atoms with Gasteiger partial charge in [0.25, 0.3) is 0 Å². The first-order chi connectivity index (χ1) is 14.0. The maximum absolute atomic E-state index is 13.4. The normalized spacial score (nSPS) is 16.5. The van der Waals surface area contributed by atoms with Gasteiger partial charge in [-0.25, -0.2) is 8.42 Å². The van der Waals surface area contributed by atoms with Gasteiger partial charge in [0.1, 0.15) is 23.0 Å². The summed E-state index contributed by atoms with van der Waals surface area (Å²) < 4.78 is 36.3. The SMILES string of the molecule is O=C(C1c2ccccc2Oc2ccccc21)N1CC(S(=O)(=O)Cc2ccco2)C1. The maximum Gasteiger partial charge on any atom is 0.234 e. The predicted molar refractivity (Wildman–Crippen MR) is 107 cm³/mol. The van der Waals surface area contributed by atoms with Crippen LogP contribution in [-0.4, -0.2) is 37.6 Å². The molecule has 5 rings (SSSR count). The van der Waals surface area contributed by atoms with Gasteiger partial charge in [0.05, 0.1) is 17.4 Å². The highest BCUT2D eigenvalue weighted by atomic mass is 32.2. The highest BCUT2D eigenvalue weighted by Crippen LogP contribution is 2.45. The number of amides is 1. The lowest BCUT2D eigenvalue weighted by atomic mass is 9.86. The number of fused-ring (bicyclic) bond motifs is 2. The number of carbonyl (C=O) groups excluding carboxylic acids is 1. The van der Waals surface area contributed by atoms with E-state index in [0.717, 1.165) is 11.1 Å². The van der Waals surface area contributed by atoms with Gasteiger partial charge in [-0.2, -0.15) is 0 Å². The van der Waals surface area contributed by atoms with Crippen LogP contribution >= 0.6 is 0 Å². The molecular weight excluding hydrogens is 390 g/mol. The van der Waals surface area contributed by atoms with Crippen LogP contribution < -0.4 is 4.74 Å². The van der Waals surface area contributed by atoms with Crippen molar-refractivity contribution in [1.82, 2.24) is 4.90 Å². The lowest BCUT2D eigenvalue weighted by Crippen LogP contribution is -2.58. The number of carbonyl (C=O) groups is 1. The van der Waals surface area contributed by atoms with E-state index in [1.165, 1.54) is 6.26 Å².